The minimum absolute atomic E-state index is 0.0396. The highest BCUT2D eigenvalue weighted by Gasteiger charge is 2.60. The highest BCUT2D eigenvalue weighted by atomic mass is 16.7. The molecule has 5 aliphatic rings. The molecule has 11 atom stereocenters. The maximum Gasteiger partial charge on any atom is 0.186 e. The Hall–Kier alpha value is -0.830. The fourth-order valence-electron chi connectivity index (χ4n) is 8.08. The van der Waals surface area contributed by atoms with Crippen molar-refractivity contribution < 1.29 is 34.7 Å². The molecule has 0 aromatic rings. The molecule has 7 heteroatoms. The summed E-state index contributed by atoms with van der Waals surface area (Å²) in [7, 11) is 0. The first-order valence-corrected chi connectivity index (χ1v) is 12.4. The van der Waals surface area contributed by atoms with E-state index in [0.29, 0.717) is 24.2 Å². The number of hydrogen-bond acceptors (Lipinski definition) is 7. The van der Waals surface area contributed by atoms with Gasteiger partial charge in [-0.2, -0.15) is 0 Å². The standard InChI is InChI=1S/C25H38O7/c1-24-9-7-14(27)11-13(24)3-4-15-16-5-6-19(25(16,2)10-8-17(15)24)32-23-22(30)21(29)20(28)18(12-26)31-23/h11,15-23,26,28-30H,3-10,12H2,1-2H3. The molecule has 0 amide bonds. The van der Waals surface area contributed by atoms with Crippen LogP contribution in [0, 0.1) is 28.6 Å². The molecule has 0 aromatic heterocycles. The van der Waals surface area contributed by atoms with Gasteiger partial charge in [0, 0.05) is 6.42 Å². The lowest BCUT2D eigenvalue weighted by molar-refractivity contribution is -0.319. The summed E-state index contributed by atoms with van der Waals surface area (Å²) in [6.45, 7) is 4.23. The summed E-state index contributed by atoms with van der Waals surface area (Å²) in [6, 6.07) is 0. The molecule has 180 valence electrons. The zero-order chi connectivity index (χ0) is 22.8. The Kier molecular flexibility index (Phi) is 5.83. The zero-order valence-corrected chi connectivity index (χ0v) is 19.2. The smallest absolute Gasteiger partial charge is 0.186 e. The number of aliphatic hydroxyl groups is 4. The predicted molar refractivity (Wildman–Crippen MR) is 115 cm³/mol. The lowest BCUT2D eigenvalue weighted by Gasteiger charge is -2.58. The first-order chi connectivity index (χ1) is 15.2. The Morgan fingerprint density at radius 1 is 1.00 bits per heavy atom. The van der Waals surface area contributed by atoms with Crippen molar-refractivity contribution in [3.05, 3.63) is 11.6 Å². The molecule has 1 heterocycles. The summed E-state index contributed by atoms with van der Waals surface area (Å²) in [5.41, 5.74) is 1.46. The van der Waals surface area contributed by atoms with Crippen LogP contribution in [0.4, 0.5) is 0 Å². The quantitative estimate of drug-likeness (QED) is 0.517. The molecule has 32 heavy (non-hydrogen) atoms. The van der Waals surface area contributed by atoms with Gasteiger partial charge in [-0.15, -0.1) is 0 Å². The number of ketones is 1. The molecule has 0 spiro atoms. The molecular formula is C25H38O7. The second kappa shape index (κ2) is 8.14. The Labute approximate surface area is 189 Å². The van der Waals surface area contributed by atoms with Crippen molar-refractivity contribution in [1.82, 2.24) is 0 Å². The SMILES string of the molecule is CC12CCC(=O)C=C1CCC1C2CCC2(C)C(OC3OC(CO)C(O)C(O)C3O)CCC12. The second-order valence-electron chi connectivity index (χ2n) is 11.4. The monoisotopic (exact) mass is 450 g/mol. The van der Waals surface area contributed by atoms with Crippen LogP contribution in [-0.4, -0.2) is 69.6 Å². The van der Waals surface area contributed by atoms with Gasteiger partial charge in [-0.1, -0.05) is 19.4 Å². The van der Waals surface area contributed by atoms with Crippen LogP contribution >= 0.6 is 0 Å². The van der Waals surface area contributed by atoms with Gasteiger partial charge in [0.05, 0.1) is 12.7 Å². The minimum atomic E-state index is -1.41. The van der Waals surface area contributed by atoms with Crippen LogP contribution in [0.15, 0.2) is 11.6 Å². The van der Waals surface area contributed by atoms with Gasteiger partial charge in [0.1, 0.15) is 24.4 Å². The third-order valence-electron chi connectivity index (χ3n) is 10.0. The van der Waals surface area contributed by atoms with E-state index in [9.17, 15) is 25.2 Å². The van der Waals surface area contributed by atoms with Crippen LogP contribution in [0.2, 0.25) is 0 Å². The van der Waals surface area contributed by atoms with Gasteiger partial charge in [-0.25, -0.2) is 0 Å². The fourth-order valence-corrected chi connectivity index (χ4v) is 8.08. The predicted octanol–water partition coefficient (Wildman–Crippen LogP) is 1.70. The number of carbonyl (C=O) groups excluding carboxylic acids is 1. The molecule has 3 saturated carbocycles. The maximum atomic E-state index is 12.0. The van der Waals surface area contributed by atoms with E-state index in [2.05, 4.69) is 13.8 Å². The van der Waals surface area contributed by atoms with Crippen LogP contribution in [0.1, 0.15) is 65.2 Å². The van der Waals surface area contributed by atoms with E-state index in [4.69, 9.17) is 9.47 Å². The lowest BCUT2D eigenvalue weighted by Crippen LogP contribution is -2.60. The first-order valence-electron chi connectivity index (χ1n) is 12.4. The molecule has 4 N–H and O–H groups in total. The molecular weight excluding hydrogens is 412 g/mol. The molecule has 11 unspecified atom stereocenters. The number of fused-ring (bicyclic) bond motifs is 5. The van der Waals surface area contributed by atoms with E-state index < -0.39 is 37.3 Å². The zero-order valence-electron chi connectivity index (χ0n) is 19.2. The summed E-state index contributed by atoms with van der Waals surface area (Å²) < 4.78 is 12.0. The molecule has 4 fully saturated rings. The summed E-state index contributed by atoms with van der Waals surface area (Å²) in [6.07, 6.45) is 3.50. The van der Waals surface area contributed by atoms with Gasteiger partial charge in [0.15, 0.2) is 12.1 Å². The van der Waals surface area contributed by atoms with E-state index in [1.165, 1.54) is 5.57 Å². The molecule has 1 saturated heterocycles. The average Bonchev–Trinajstić information content (AvgIpc) is 3.10. The van der Waals surface area contributed by atoms with E-state index >= 15 is 0 Å². The maximum absolute atomic E-state index is 12.0. The number of ether oxygens (including phenoxy) is 2. The van der Waals surface area contributed by atoms with Crippen molar-refractivity contribution >= 4 is 5.78 Å². The first kappa shape index (κ1) is 22.9. The van der Waals surface area contributed by atoms with Crippen molar-refractivity contribution in [2.24, 2.45) is 28.6 Å². The Morgan fingerprint density at radius 3 is 2.53 bits per heavy atom. The lowest BCUT2D eigenvalue weighted by atomic mass is 9.47. The largest absolute Gasteiger partial charge is 0.394 e. The number of aliphatic hydroxyl groups excluding tert-OH is 4. The third-order valence-corrected chi connectivity index (χ3v) is 10.0. The van der Waals surface area contributed by atoms with Crippen molar-refractivity contribution in [3.63, 3.8) is 0 Å². The summed E-state index contributed by atoms with van der Waals surface area (Å²) in [5, 5.41) is 40.2. The second-order valence-corrected chi connectivity index (χ2v) is 11.4. The van der Waals surface area contributed by atoms with E-state index in [-0.39, 0.29) is 22.7 Å². The molecule has 0 aromatic carbocycles. The number of allylic oxidation sites excluding steroid dienone is 1. The highest BCUT2D eigenvalue weighted by Crippen LogP contribution is 2.65. The third kappa shape index (κ3) is 3.35. The molecule has 4 aliphatic carbocycles. The van der Waals surface area contributed by atoms with Crippen molar-refractivity contribution in [1.29, 1.82) is 0 Å². The van der Waals surface area contributed by atoms with Gasteiger partial charge < -0.3 is 29.9 Å². The van der Waals surface area contributed by atoms with Crippen LogP contribution < -0.4 is 0 Å². The molecule has 0 radical (unpaired) electrons. The molecule has 7 nitrogen and oxygen atoms in total. The van der Waals surface area contributed by atoms with Crippen LogP contribution in [0.3, 0.4) is 0 Å². The van der Waals surface area contributed by atoms with Gasteiger partial charge >= 0.3 is 0 Å². The summed E-state index contributed by atoms with van der Waals surface area (Å²) in [4.78, 5) is 12.0. The average molecular weight is 451 g/mol. The van der Waals surface area contributed by atoms with Gasteiger partial charge in [-0.05, 0) is 79.6 Å². The highest BCUT2D eigenvalue weighted by molar-refractivity contribution is 5.91. The van der Waals surface area contributed by atoms with E-state index in [1.54, 1.807) is 0 Å². The molecule has 1 aliphatic heterocycles. The van der Waals surface area contributed by atoms with E-state index in [0.717, 1.165) is 44.9 Å². The topological polar surface area (TPSA) is 116 Å². The molecule has 0 bridgehead atoms. The molecule has 5 rings (SSSR count). The van der Waals surface area contributed by atoms with Crippen molar-refractivity contribution in [2.75, 3.05) is 6.61 Å². The normalized spacial score (nSPS) is 53.2. The number of carbonyl (C=O) groups is 1. The van der Waals surface area contributed by atoms with Crippen molar-refractivity contribution in [3.8, 4) is 0 Å². The summed E-state index contributed by atoms with van der Waals surface area (Å²) >= 11 is 0. The van der Waals surface area contributed by atoms with Gasteiger partial charge in [-0.3, -0.25) is 4.79 Å². The Bertz CT molecular complexity index is 780. The van der Waals surface area contributed by atoms with Crippen LogP contribution in [-0.2, 0) is 14.3 Å². The van der Waals surface area contributed by atoms with E-state index in [1.807, 2.05) is 6.08 Å². The number of hydrogen-bond donors (Lipinski definition) is 4. The number of rotatable bonds is 3. The van der Waals surface area contributed by atoms with Gasteiger partial charge in [0.2, 0.25) is 0 Å². The van der Waals surface area contributed by atoms with Crippen LogP contribution in [0.25, 0.3) is 0 Å². The minimum Gasteiger partial charge on any atom is -0.394 e. The van der Waals surface area contributed by atoms with Crippen LogP contribution in [0.5, 0.6) is 0 Å². The van der Waals surface area contributed by atoms with Gasteiger partial charge in [0.25, 0.3) is 0 Å². The fraction of sp³-hybridized carbons (Fsp3) is 0.880. The summed E-state index contributed by atoms with van der Waals surface area (Å²) in [5.74, 6) is 2.00. The van der Waals surface area contributed by atoms with Crippen molar-refractivity contribution in [2.45, 2.75) is 102 Å². The Morgan fingerprint density at radius 2 is 1.78 bits per heavy atom. The Balaban J connectivity index is 1.33.